The molecular weight excluding hydrogens is 488 g/mol. The predicted molar refractivity (Wildman–Crippen MR) is 129 cm³/mol. The number of esters is 1. The lowest BCUT2D eigenvalue weighted by Crippen LogP contribution is -2.25. The smallest absolute Gasteiger partial charge is 0.343 e. The molecule has 0 saturated heterocycles. The zero-order valence-electron chi connectivity index (χ0n) is 19.1. The molecule has 172 valence electrons. The number of benzene rings is 2. The largest absolute Gasteiger partial charge is 0.493 e. The molecule has 1 N–H and O–H groups in total. The predicted octanol–water partition coefficient (Wildman–Crippen LogP) is 4.34. The average molecular weight is 513 g/mol. The summed E-state index contributed by atoms with van der Waals surface area (Å²) in [6.07, 6.45) is 0. The third-order valence-corrected chi connectivity index (χ3v) is 6.15. The van der Waals surface area contributed by atoms with Crippen molar-refractivity contribution >= 4 is 33.5 Å². The molecule has 1 heterocycles. The van der Waals surface area contributed by atoms with Gasteiger partial charge in [-0.1, -0.05) is 17.7 Å². The van der Waals surface area contributed by atoms with Gasteiger partial charge in [0.2, 0.25) is 0 Å². The van der Waals surface area contributed by atoms with Crippen LogP contribution >= 0.6 is 15.9 Å². The third-order valence-electron chi connectivity index (χ3n) is 5.01. The van der Waals surface area contributed by atoms with E-state index >= 15 is 0 Å². The molecule has 0 radical (unpaired) electrons. The number of nitrogens with one attached hydrogen (secondary N) is 1. The van der Waals surface area contributed by atoms with E-state index in [9.17, 15) is 9.59 Å². The maximum Gasteiger partial charge on any atom is 0.343 e. The summed E-state index contributed by atoms with van der Waals surface area (Å²) in [4.78, 5) is 24.7. The molecule has 0 aliphatic heterocycles. The molecule has 1 aromatic heterocycles. The number of methoxy groups -OCH3 is 1. The second-order valence-electron chi connectivity index (χ2n) is 7.50. The van der Waals surface area contributed by atoms with E-state index in [0.717, 1.165) is 21.4 Å². The first-order valence-corrected chi connectivity index (χ1v) is 11.0. The number of aromatic nitrogens is 2. The van der Waals surface area contributed by atoms with Crippen molar-refractivity contribution in [1.82, 2.24) is 15.2 Å². The van der Waals surface area contributed by atoms with Gasteiger partial charge in [-0.05, 0) is 74.0 Å². The van der Waals surface area contributed by atoms with Gasteiger partial charge in [-0.3, -0.25) is 9.48 Å². The first-order chi connectivity index (χ1) is 15.7. The number of hydrogen-bond acceptors (Lipinski definition) is 6. The van der Waals surface area contributed by atoms with Gasteiger partial charge < -0.3 is 9.47 Å². The molecule has 0 atom stereocenters. The topological polar surface area (TPSA) is 94.8 Å². The fourth-order valence-corrected chi connectivity index (χ4v) is 3.32. The molecule has 9 heteroatoms. The summed E-state index contributed by atoms with van der Waals surface area (Å²) in [5, 5.41) is 8.49. The molecule has 0 saturated carbocycles. The van der Waals surface area contributed by atoms with Gasteiger partial charge in [0.05, 0.1) is 34.2 Å². The number of ether oxygens (including phenoxy) is 2. The van der Waals surface area contributed by atoms with Crippen LogP contribution in [0.15, 0.2) is 52.0 Å². The Bertz CT molecular complexity index is 1220. The maximum absolute atomic E-state index is 12.4. The summed E-state index contributed by atoms with van der Waals surface area (Å²) in [6, 6.07) is 12.2. The summed E-state index contributed by atoms with van der Waals surface area (Å²) in [5.74, 6) is -0.113. The first-order valence-electron chi connectivity index (χ1n) is 10.2. The summed E-state index contributed by atoms with van der Waals surface area (Å²) in [5.41, 5.74) is 6.99. The van der Waals surface area contributed by atoms with E-state index in [0.29, 0.717) is 28.3 Å². The molecule has 0 spiro atoms. The minimum atomic E-state index is -0.477. The van der Waals surface area contributed by atoms with Crippen LogP contribution in [0.2, 0.25) is 0 Å². The molecule has 0 unspecified atom stereocenters. The van der Waals surface area contributed by atoms with Crippen LogP contribution in [0, 0.1) is 20.8 Å². The highest BCUT2D eigenvalue weighted by atomic mass is 79.9. The van der Waals surface area contributed by atoms with Crippen molar-refractivity contribution in [3.63, 3.8) is 0 Å². The van der Waals surface area contributed by atoms with Gasteiger partial charge in [-0.2, -0.15) is 10.2 Å². The highest BCUT2D eigenvalue weighted by molar-refractivity contribution is 9.10. The third kappa shape index (κ3) is 5.87. The number of nitrogens with zero attached hydrogens (tertiary/aromatic N) is 3. The van der Waals surface area contributed by atoms with Crippen LogP contribution in [-0.2, 0) is 11.3 Å². The Hall–Kier alpha value is -3.46. The lowest BCUT2D eigenvalue weighted by atomic mass is 10.1. The second kappa shape index (κ2) is 10.4. The van der Waals surface area contributed by atoms with Crippen LogP contribution in [-0.4, -0.2) is 34.5 Å². The number of rotatable bonds is 7. The fourth-order valence-electron chi connectivity index (χ4n) is 3.04. The molecule has 0 fully saturated rings. The molecule has 0 aliphatic rings. The zero-order valence-corrected chi connectivity index (χ0v) is 20.7. The lowest BCUT2D eigenvalue weighted by Gasteiger charge is -2.11. The van der Waals surface area contributed by atoms with Gasteiger partial charge in [-0.15, -0.1) is 0 Å². The summed E-state index contributed by atoms with van der Waals surface area (Å²) in [7, 11) is 1.49. The lowest BCUT2D eigenvalue weighted by molar-refractivity contribution is -0.121. The van der Waals surface area contributed by atoms with Crippen molar-refractivity contribution < 1.29 is 19.1 Å². The number of carbonyl (C=O) groups excluding carboxylic acids is 2. The summed E-state index contributed by atoms with van der Waals surface area (Å²) in [6.45, 7) is 7.50. The van der Waals surface area contributed by atoms with E-state index in [2.05, 4.69) is 31.6 Å². The van der Waals surface area contributed by atoms with Gasteiger partial charge in [0, 0.05) is 5.56 Å². The van der Waals surface area contributed by atoms with Gasteiger partial charge in [0.25, 0.3) is 5.91 Å². The van der Waals surface area contributed by atoms with Crippen LogP contribution < -0.4 is 14.9 Å². The molecule has 3 rings (SSSR count). The maximum atomic E-state index is 12.4. The zero-order chi connectivity index (χ0) is 24.1. The first kappa shape index (κ1) is 24.2. The van der Waals surface area contributed by atoms with E-state index in [1.165, 1.54) is 7.11 Å². The van der Waals surface area contributed by atoms with E-state index in [4.69, 9.17) is 9.47 Å². The van der Waals surface area contributed by atoms with Crippen LogP contribution in [0.1, 0.15) is 39.8 Å². The summed E-state index contributed by atoms with van der Waals surface area (Å²) < 4.78 is 13.4. The van der Waals surface area contributed by atoms with Crippen molar-refractivity contribution in [2.45, 2.75) is 34.2 Å². The normalized spacial score (nSPS) is 11.3. The van der Waals surface area contributed by atoms with E-state index in [-0.39, 0.29) is 12.5 Å². The molecule has 3 aromatic rings. The van der Waals surface area contributed by atoms with Crippen LogP contribution in [0.25, 0.3) is 0 Å². The van der Waals surface area contributed by atoms with Crippen molar-refractivity contribution in [3.05, 3.63) is 75.0 Å². The Morgan fingerprint density at radius 3 is 2.33 bits per heavy atom. The van der Waals surface area contributed by atoms with Crippen molar-refractivity contribution in [2.24, 2.45) is 5.10 Å². The van der Waals surface area contributed by atoms with Crippen molar-refractivity contribution in [3.8, 4) is 11.5 Å². The van der Waals surface area contributed by atoms with Gasteiger partial charge in [0.1, 0.15) is 6.54 Å². The Morgan fingerprint density at radius 1 is 1.06 bits per heavy atom. The minimum Gasteiger partial charge on any atom is -0.493 e. The second-order valence-corrected chi connectivity index (χ2v) is 8.29. The Labute approximate surface area is 200 Å². The SMILES string of the molecule is COc1cc(/C(C)=N/NC(=O)Cn2nc(C)c(Br)c2C)ccc1OC(=O)c1ccc(C)cc1. The van der Waals surface area contributed by atoms with Gasteiger partial charge in [-0.25, -0.2) is 10.2 Å². The Morgan fingerprint density at radius 2 is 1.73 bits per heavy atom. The molecule has 2 aromatic carbocycles. The quantitative estimate of drug-likeness (QED) is 0.220. The molecule has 8 nitrogen and oxygen atoms in total. The number of hydrogen-bond donors (Lipinski definition) is 1. The van der Waals surface area contributed by atoms with Gasteiger partial charge >= 0.3 is 5.97 Å². The van der Waals surface area contributed by atoms with Crippen molar-refractivity contribution in [1.29, 1.82) is 0 Å². The van der Waals surface area contributed by atoms with Crippen LogP contribution in [0.5, 0.6) is 11.5 Å². The molecule has 33 heavy (non-hydrogen) atoms. The average Bonchev–Trinajstić information content (AvgIpc) is 3.04. The van der Waals surface area contributed by atoms with Crippen LogP contribution in [0.3, 0.4) is 0 Å². The molecule has 1 amide bonds. The molecule has 0 bridgehead atoms. The van der Waals surface area contributed by atoms with E-state index < -0.39 is 5.97 Å². The monoisotopic (exact) mass is 512 g/mol. The Balaban J connectivity index is 1.68. The highest BCUT2D eigenvalue weighted by Gasteiger charge is 2.15. The fraction of sp³-hybridized carbons (Fsp3) is 0.250. The Kier molecular flexibility index (Phi) is 7.65. The highest BCUT2D eigenvalue weighted by Crippen LogP contribution is 2.29. The van der Waals surface area contributed by atoms with E-state index in [1.54, 1.807) is 41.9 Å². The number of halogens is 1. The number of aryl methyl sites for hydroxylation is 2. The standard InChI is InChI=1S/C24H25BrN4O4/c1-14-6-8-18(9-7-14)24(31)33-20-11-10-19(12-21(20)32-5)15(2)26-27-22(30)13-29-17(4)23(25)16(3)28-29/h6-12H,13H2,1-5H3,(H,27,30)/b26-15+. The minimum absolute atomic E-state index is 0.0479. The van der Waals surface area contributed by atoms with E-state index in [1.807, 2.05) is 32.9 Å². The summed E-state index contributed by atoms with van der Waals surface area (Å²) >= 11 is 3.45. The van der Waals surface area contributed by atoms with Crippen molar-refractivity contribution in [2.75, 3.05) is 7.11 Å². The molecular formula is C24H25BrN4O4. The number of hydrazone groups is 1. The number of amides is 1. The molecule has 0 aliphatic carbocycles. The van der Waals surface area contributed by atoms with Crippen LogP contribution in [0.4, 0.5) is 0 Å². The van der Waals surface area contributed by atoms with Gasteiger partial charge in [0.15, 0.2) is 11.5 Å². The number of carbonyl (C=O) groups is 2.